The Balaban J connectivity index is 2.15. The molecular weight excluding hydrogens is 257 g/mol. The van der Waals surface area contributed by atoms with Gasteiger partial charge in [-0.2, -0.15) is 0 Å². The van der Waals surface area contributed by atoms with Crippen LogP contribution in [0, 0.1) is 0 Å². The summed E-state index contributed by atoms with van der Waals surface area (Å²) in [6, 6.07) is 7.35. The lowest BCUT2D eigenvalue weighted by atomic mass is 9.97. The Morgan fingerprint density at radius 3 is 2.72 bits per heavy atom. The van der Waals surface area contributed by atoms with Gasteiger partial charge in [-0.05, 0) is 25.0 Å². The van der Waals surface area contributed by atoms with Gasteiger partial charge in [0.25, 0.3) is 0 Å². The van der Waals surface area contributed by atoms with Gasteiger partial charge < -0.3 is 10.0 Å². The van der Waals surface area contributed by atoms with E-state index in [4.69, 9.17) is 16.7 Å². The summed E-state index contributed by atoms with van der Waals surface area (Å²) >= 11 is 6.09. The number of nitrogens with zero attached hydrogens (tertiary/aromatic N) is 1. The molecule has 0 spiro atoms. The van der Waals surface area contributed by atoms with E-state index in [1.165, 1.54) is 0 Å². The van der Waals surface area contributed by atoms with E-state index in [1.54, 1.807) is 6.07 Å². The predicted molar refractivity (Wildman–Crippen MR) is 69.0 cm³/mol. The normalized spacial score (nSPS) is 24.7. The average Bonchev–Trinajstić information content (AvgIpc) is 2.53. The van der Waals surface area contributed by atoms with Gasteiger partial charge in [0.1, 0.15) is 0 Å². The number of aliphatic carboxylic acids is 1. The second kappa shape index (κ2) is 5.14. The number of halogens is 2. The highest BCUT2D eigenvalue weighted by molar-refractivity contribution is 6.33. The van der Waals surface area contributed by atoms with E-state index in [0.717, 1.165) is 5.69 Å². The largest absolute Gasteiger partial charge is 0.479 e. The molecule has 98 valence electrons. The molecule has 1 saturated heterocycles. The van der Waals surface area contributed by atoms with E-state index >= 15 is 0 Å². The number of hydrogen-bond donors (Lipinski definition) is 1. The van der Waals surface area contributed by atoms with Crippen LogP contribution < -0.4 is 4.90 Å². The van der Waals surface area contributed by atoms with Gasteiger partial charge in [0.15, 0.2) is 0 Å². The van der Waals surface area contributed by atoms with E-state index in [-0.39, 0.29) is 12.8 Å². The minimum Gasteiger partial charge on any atom is -0.479 e. The van der Waals surface area contributed by atoms with Crippen molar-refractivity contribution in [2.75, 3.05) is 18.0 Å². The van der Waals surface area contributed by atoms with Gasteiger partial charge in [-0.15, -0.1) is 0 Å². The summed E-state index contributed by atoms with van der Waals surface area (Å²) < 4.78 is 14.1. The Hall–Kier alpha value is -1.29. The van der Waals surface area contributed by atoms with E-state index < -0.39 is 11.6 Å². The SMILES string of the molecule is O=C(O)C1(F)CCCN(c2ccccc2Cl)CC1. The van der Waals surface area contributed by atoms with Crippen molar-refractivity contribution >= 4 is 23.3 Å². The minimum absolute atomic E-state index is 0.00639. The zero-order chi connectivity index (χ0) is 13.2. The number of benzene rings is 1. The van der Waals surface area contributed by atoms with Crippen LogP contribution in [0.25, 0.3) is 0 Å². The predicted octanol–water partition coefficient (Wildman–Crippen LogP) is 3.12. The maximum absolute atomic E-state index is 14.1. The number of alkyl halides is 1. The molecule has 0 saturated carbocycles. The van der Waals surface area contributed by atoms with Crippen LogP contribution >= 0.6 is 11.6 Å². The molecule has 1 aliphatic rings. The fourth-order valence-electron chi connectivity index (χ4n) is 2.26. The van der Waals surface area contributed by atoms with Gasteiger partial charge in [0.05, 0.1) is 10.7 Å². The number of carboxylic acid groups (broad SMARTS) is 1. The molecule has 1 N–H and O–H groups in total. The summed E-state index contributed by atoms with van der Waals surface area (Å²) in [5, 5.41) is 9.52. The van der Waals surface area contributed by atoms with Crippen LogP contribution in [0.5, 0.6) is 0 Å². The highest BCUT2D eigenvalue weighted by Crippen LogP contribution is 2.32. The molecule has 1 aromatic rings. The van der Waals surface area contributed by atoms with Crippen LogP contribution in [0.3, 0.4) is 0 Å². The monoisotopic (exact) mass is 271 g/mol. The quantitative estimate of drug-likeness (QED) is 0.898. The Kier molecular flexibility index (Phi) is 3.76. The first-order chi connectivity index (χ1) is 8.53. The van der Waals surface area contributed by atoms with E-state index in [9.17, 15) is 9.18 Å². The van der Waals surface area contributed by atoms with Crippen LogP contribution in [0.2, 0.25) is 5.02 Å². The fraction of sp³-hybridized carbons (Fsp3) is 0.462. The molecule has 5 heteroatoms. The third-order valence-corrected chi connectivity index (χ3v) is 3.68. The average molecular weight is 272 g/mol. The second-order valence-corrected chi connectivity index (χ2v) is 4.97. The number of anilines is 1. The van der Waals surface area contributed by atoms with Gasteiger partial charge in [0, 0.05) is 19.5 Å². The molecule has 1 heterocycles. The van der Waals surface area contributed by atoms with Gasteiger partial charge in [-0.3, -0.25) is 0 Å². The van der Waals surface area contributed by atoms with Crippen molar-refractivity contribution in [2.24, 2.45) is 0 Å². The molecule has 2 rings (SSSR count). The van der Waals surface area contributed by atoms with Crippen molar-refractivity contribution in [3.05, 3.63) is 29.3 Å². The van der Waals surface area contributed by atoms with Gasteiger partial charge in [-0.1, -0.05) is 23.7 Å². The molecule has 0 aliphatic carbocycles. The molecule has 1 atom stereocenters. The maximum Gasteiger partial charge on any atom is 0.341 e. The van der Waals surface area contributed by atoms with E-state index in [0.29, 0.717) is 24.5 Å². The highest BCUT2D eigenvalue weighted by atomic mass is 35.5. The van der Waals surface area contributed by atoms with Crippen molar-refractivity contribution in [1.29, 1.82) is 0 Å². The summed E-state index contributed by atoms with van der Waals surface area (Å²) in [5.74, 6) is -1.36. The number of carboxylic acids is 1. The van der Waals surface area contributed by atoms with Crippen molar-refractivity contribution in [3.8, 4) is 0 Å². The minimum atomic E-state index is -2.10. The van der Waals surface area contributed by atoms with Gasteiger partial charge in [0.2, 0.25) is 5.67 Å². The lowest BCUT2D eigenvalue weighted by Crippen LogP contribution is -2.35. The summed E-state index contributed by atoms with van der Waals surface area (Å²) in [6.45, 7) is 0.995. The first-order valence-corrected chi connectivity index (χ1v) is 6.32. The van der Waals surface area contributed by atoms with Gasteiger partial charge >= 0.3 is 5.97 Å². The smallest absolute Gasteiger partial charge is 0.341 e. The molecule has 1 fully saturated rings. The van der Waals surface area contributed by atoms with Gasteiger partial charge in [-0.25, -0.2) is 9.18 Å². The molecule has 0 radical (unpaired) electrons. The van der Waals surface area contributed by atoms with Crippen molar-refractivity contribution in [2.45, 2.75) is 24.9 Å². The van der Waals surface area contributed by atoms with Crippen LogP contribution in [0.1, 0.15) is 19.3 Å². The number of hydrogen-bond acceptors (Lipinski definition) is 2. The first kappa shape index (κ1) is 13.1. The second-order valence-electron chi connectivity index (χ2n) is 4.56. The molecule has 0 aromatic heterocycles. The Morgan fingerprint density at radius 2 is 2.06 bits per heavy atom. The van der Waals surface area contributed by atoms with Crippen LogP contribution in [0.15, 0.2) is 24.3 Å². The number of para-hydroxylation sites is 1. The summed E-state index contributed by atoms with van der Waals surface area (Å²) in [6.07, 6.45) is 0.560. The summed E-state index contributed by atoms with van der Waals surface area (Å²) in [5.41, 5.74) is -1.26. The van der Waals surface area contributed by atoms with Crippen molar-refractivity contribution in [3.63, 3.8) is 0 Å². The summed E-state index contributed by atoms with van der Waals surface area (Å²) in [4.78, 5) is 12.9. The van der Waals surface area contributed by atoms with Crippen LogP contribution in [-0.4, -0.2) is 29.8 Å². The van der Waals surface area contributed by atoms with Crippen molar-refractivity contribution < 1.29 is 14.3 Å². The third kappa shape index (κ3) is 2.58. The van der Waals surface area contributed by atoms with Crippen LogP contribution in [0.4, 0.5) is 10.1 Å². The Morgan fingerprint density at radius 1 is 1.33 bits per heavy atom. The number of rotatable bonds is 2. The lowest BCUT2D eigenvalue weighted by Gasteiger charge is -2.24. The molecule has 1 aliphatic heterocycles. The number of carbonyl (C=O) groups is 1. The topological polar surface area (TPSA) is 40.5 Å². The molecule has 1 unspecified atom stereocenters. The Labute approximate surface area is 110 Å². The fourth-order valence-corrected chi connectivity index (χ4v) is 2.52. The first-order valence-electron chi connectivity index (χ1n) is 5.95. The molecule has 18 heavy (non-hydrogen) atoms. The zero-order valence-corrected chi connectivity index (χ0v) is 10.7. The summed E-state index contributed by atoms with van der Waals surface area (Å²) in [7, 11) is 0. The molecule has 0 amide bonds. The third-order valence-electron chi connectivity index (χ3n) is 3.36. The van der Waals surface area contributed by atoms with E-state index in [2.05, 4.69) is 0 Å². The Bertz CT molecular complexity index is 454. The molecular formula is C13H15ClFNO2. The molecule has 1 aromatic carbocycles. The standard InChI is InChI=1S/C13H15ClFNO2/c14-10-4-1-2-5-11(10)16-8-3-6-13(15,7-9-16)12(17)18/h1-2,4-5H,3,6-9H2,(H,17,18). The van der Waals surface area contributed by atoms with E-state index in [1.807, 2.05) is 23.1 Å². The maximum atomic E-state index is 14.1. The zero-order valence-electron chi connectivity index (χ0n) is 9.90. The lowest BCUT2D eigenvalue weighted by molar-refractivity contribution is -0.151. The highest BCUT2D eigenvalue weighted by Gasteiger charge is 2.40. The van der Waals surface area contributed by atoms with Crippen LogP contribution in [-0.2, 0) is 4.79 Å². The van der Waals surface area contributed by atoms with Crippen molar-refractivity contribution in [1.82, 2.24) is 0 Å². The molecule has 0 bridgehead atoms. The molecule has 3 nitrogen and oxygen atoms in total.